The first-order valence-electron chi connectivity index (χ1n) is 11.7. The van der Waals surface area contributed by atoms with Crippen LogP contribution in [0.25, 0.3) is 0 Å². The lowest BCUT2D eigenvalue weighted by Crippen LogP contribution is -2.57. The van der Waals surface area contributed by atoms with Crippen molar-refractivity contribution in [1.82, 2.24) is 25.3 Å². The van der Waals surface area contributed by atoms with Crippen LogP contribution in [-0.4, -0.2) is 59.1 Å². The van der Waals surface area contributed by atoms with Gasteiger partial charge in [-0.2, -0.15) is 18.2 Å². The molecule has 0 aliphatic carbocycles. The smallest absolute Gasteiger partial charge is 0.433 e. The van der Waals surface area contributed by atoms with E-state index < -0.39 is 11.9 Å². The van der Waals surface area contributed by atoms with Gasteiger partial charge in [0, 0.05) is 38.9 Å². The van der Waals surface area contributed by atoms with E-state index in [0.29, 0.717) is 25.6 Å². The SMILES string of the molecule is CNC[C@H]1C(=O)N2CCCc3nc(NCc4ccc(Oc5ccc(C(F)(F)F)nc5)nc4)nc(c32)N1C. The Morgan fingerprint density at radius 1 is 1.14 bits per heavy atom. The van der Waals surface area contributed by atoms with E-state index >= 15 is 0 Å². The number of anilines is 3. The Morgan fingerprint density at radius 3 is 2.65 bits per heavy atom. The monoisotopic (exact) mass is 514 g/mol. The third kappa shape index (κ3) is 4.99. The van der Waals surface area contributed by atoms with Crippen LogP contribution in [0, 0.1) is 0 Å². The first kappa shape index (κ1) is 24.7. The quantitative estimate of drug-likeness (QED) is 0.492. The van der Waals surface area contributed by atoms with Gasteiger partial charge in [-0.25, -0.2) is 15.0 Å². The molecule has 0 saturated heterocycles. The zero-order valence-corrected chi connectivity index (χ0v) is 20.2. The van der Waals surface area contributed by atoms with Crippen molar-refractivity contribution >= 4 is 23.4 Å². The van der Waals surface area contributed by atoms with Crippen LogP contribution in [0.1, 0.15) is 23.4 Å². The standard InChI is InChI=1S/C24H25F3N8O2/c1-28-13-17-22(36)35-9-3-4-16-20(35)21(34(17)2)33-23(32-16)31-11-14-5-8-19(30-10-14)37-15-6-7-18(29-12-15)24(25,26)27/h5-8,10,12,17,28H,3-4,9,11,13H2,1-2H3,(H,31,32,33)/t17-/m0/s1. The van der Waals surface area contributed by atoms with E-state index in [1.807, 2.05) is 19.0 Å². The number of nitrogens with one attached hydrogen (secondary N) is 2. The summed E-state index contributed by atoms with van der Waals surface area (Å²) in [6.07, 6.45) is -0.305. The Labute approximate surface area is 210 Å². The lowest BCUT2D eigenvalue weighted by Gasteiger charge is -2.42. The average molecular weight is 515 g/mol. The Hall–Kier alpha value is -4.00. The van der Waals surface area contributed by atoms with Crippen molar-refractivity contribution < 1.29 is 22.7 Å². The highest BCUT2D eigenvalue weighted by Crippen LogP contribution is 2.39. The molecule has 0 fully saturated rings. The predicted octanol–water partition coefficient (Wildman–Crippen LogP) is 3.01. The van der Waals surface area contributed by atoms with Crippen molar-refractivity contribution in [3.05, 3.63) is 53.6 Å². The lowest BCUT2D eigenvalue weighted by molar-refractivity contribution is -0.141. The van der Waals surface area contributed by atoms with E-state index in [2.05, 4.69) is 25.6 Å². The molecule has 194 valence electrons. The fourth-order valence-corrected chi connectivity index (χ4v) is 4.40. The van der Waals surface area contributed by atoms with Gasteiger partial charge in [0.2, 0.25) is 11.8 Å². The van der Waals surface area contributed by atoms with Gasteiger partial charge >= 0.3 is 6.18 Å². The van der Waals surface area contributed by atoms with Crippen molar-refractivity contribution in [3.63, 3.8) is 0 Å². The highest BCUT2D eigenvalue weighted by atomic mass is 19.4. The van der Waals surface area contributed by atoms with Gasteiger partial charge in [0.15, 0.2) is 5.82 Å². The Bertz CT molecular complexity index is 1280. The second-order valence-electron chi connectivity index (χ2n) is 8.78. The van der Waals surface area contributed by atoms with Crippen molar-refractivity contribution in [1.29, 1.82) is 0 Å². The minimum absolute atomic E-state index is 0.0510. The first-order valence-corrected chi connectivity index (χ1v) is 11.7. The second-order valence-corrected chi connectivity index (χ2v) is 8.78. The molecule has 0 spiro atoms. The Kier molecular flexibility index (Phi) is 6.54. The van der Waals surface area contributed by atoms with Crippen LogP contribution in [-0.2, 0) is 23.9 Å². The summed E-state index contributed by atoms with van der Waals surface area (Å²) in [5.74, 6) is 1.60. The first-order chi connectivity index (χ1) is 17.7. The van der Waals surface area contributed by atoms with E-state index in [1.54, 1.807) is 23.2 Å². The molecule has 3 aromatic heterocycles. The highest BCUT2D eigenvalue weighted by Gasteiger charge is 2.40. The second kappa shape index (κ2) is 9.81. The van der Waals surface area contributed by atoms with Gasteiger partial charge in [-0.1, -0.05) is 6.07 Å². The van der Waals surface area contributed by atoms with E-state index in [9.17, 15) is 18.0 Å². The van der Waals surface area contributed by atoms with E-state index in [-0.39, 0.29) is 23.6 Å². The third-order valence-corrected chi connectivity index (χ3v) is 6.25. The zero-order chi connectivity index (χ0) is 26.2. The minimum atomic E-state index is -4.51. The molecule has 0 bridgehead atoms. The lowest BCUT2D eigenvalue weighted by atomic mass is 10.0. The van der Waals surface area contributed by atoms with Crippen molar-refractivity contribution in [2.24, 2.45) is 0 Å². The number of nitrogens with zero attached hydrogens (tertiary/aromatic N) is 6. The summed E-state index contributed by atoms with van der Waals surface area (Å²) in [4.78, 5) is 33.7. The molecule has 5 rings (SSSR count). The molecule has 1 atom stereocenters. The molecule has 0 radical (unpaired) electrons. The van der Waals surface area contributed by atoms with Crippen LogP contribution < -0.4 is 25.2 Å². The fraction of sp³-hybridized carbons (Fsp3) is 0.375. The third-order valence-electron chi connectivity index (χ3n) is 6.25. The molecule has 2 aliphatic heterocycles. The zero-order valence-electron chi connectivity index (χ0n) is 20.2. The van der Waals surface area contributed by atoms with E-state index in [4.69, 9.17) is 9.72 Å². The summed E-state index contributed by atoms with van der Waals surface area (Å²) in [6.45, 7) is 1.56. The normalized spacial score (nSPS) is 17.0. The van der Waals surface area contributed by atoms with Crippen LogP contribution in [0.5, 0.6) is 11.6 Å². The van der Waals surface area contributed by atoms with Gasteiger partial charge in [0.05, 0.1) is 11.9 Å². The summed E-state index contributed by atoms with van der Waals surface area (Å²) >= 11 is 0. The van der Waals surface area contributed by atoms with E-state index in [1.165, 1.54) is 6.07 Å². The number of alkyl halides is 3. The molecule has 2 N–H and O–H groups in total. The number of hydrogen-bond acceptors (Lipinski definition) is 9. The maximum Gasteiger partial charge on any atom is 0.433 e. The molecule has 0 saturated carbocycles. The number of pyridine rings is 2. The van der Waals surface area contributed by atoms with Crippen LogP contribution in [0.4, 0.5) is 30.6 Å². The molecular formula is C24H25F3N8O2. The summed E-state index contributed by atoms with van der Waals surface area (Å²) in [5, 5.41) is 6.31. The molecule has 3 aromatic rings. The van der Waals surface area contributed by atoms with Gasteiger partial charge in [-0.15, -0.1) is 0 Å². The number of ether oxygens (including phenoxy) is 1. The summed E-state index contributed by atoms with van der Waals surface area (Å²) < 4.78 is 43.5. The summed E-state index contributed by atoms with van der Waals surface area (Å²) in [7, 11) is 3.68. The predicted molar refractivity (Wildman–Crippen MR) is 130 cm³/mol. The van der Waals surface area contributed by atoms with Crippen molar-refractivity contribution in [2.75, 3.05) is 42.3 Å². The topological polar surface area (TPSA) is 108 Å². The molecule has 37 heavy (non-hydrogen) atoms. The molecule has 10 nitrogen and oxygen atoms in total. The number of rotatable bonds is 7. The molecule has 1 amide bonds. The van der Waals surface area contributed by atoms with E-state index in [0.717, 1.165) is 47.9 Å². The number of amides is 1. The Balaban J connectivity index is 1.27. The van der Waals surface area contributed by atoms with Gasteiger partial charge in [-0.05, 0) is 37.6 Å². The number of aryl methyl sites for hydroxylation is 1. The average Bonchev–Trinajstić information content (AvgIpc) is 2.89. The minimum Gasteiger partial charge on any atom is -0.437 e. The molecule has 5 heterocycles. The number of carbonyl (C=O) groups is 1. The number of hydrogen-bond donors (Lipinski definition) is 2. The fourth-order valence-electron chi connectivity index (χ4n) is 4.40. The van der Waals surface area contributed by atoms with Crippen LogP contribution >= 0.6 is 0 Å². The van der Waals surface area contributed by atoms with Crippen LogP contribution in [0.15, 0.2) is 36.7 Å². The Morgan fingerprint density at radius 2 is 1.97 bits per heavy atom. The number of halogens is 3. The number of likely N-dealkylation sites (N-methyl/N-ethyl adjacent to an activating group) is 2. The number of aromatic nitrogens is 4. The maximum absolute atomic E-state index is 13.0. The van der Waals surface area contributed by atoms with Crippen molar-refractivity contribution in [3.8, 4) is 11.6 Å². The largest absolute Gasteiger partial charge is 0.437 e. The molecule has 0 unspecified atom stereocenters. The summed E-state index contributed by atoms with van der Waals surface area (Å²) in [5.41, 5.74) is 1.47. The van der Waals surface area contributed by atoms with Crippen molar-refractivity contribution in [2.45, 2.75) is 31.6 Å². The van der Waals surface area contributed by atoms with Gasteiger partial charge in [-0.3, -0.25) is 4.79 Å². The number of carbonyl (C=O) groups excluding carboxylic acids is 1. The molecule has 0 aromatic carbocycles. The molecule has 13 heteroatoms. The maximum atomic E-state index is 13.0. The van der Waals surface area contributed by atoms with Crippen LogP contribution in [0.2, 0.25) is 0 Å². The van der Waals surface area contributed by atoms with Gasteiger partial charge in [0.25, 0.3) is 5.91 Å². The van der Waals surface area contributed by atoms with Gasteiger partial charge < -0.3 is 25.2 Å². The molecule has 2 aliphatic rings. The van der Waals surface area contributed by atoms with Crippen LogP contribution in [0.3, 0.4) is 0 Å². The highest BCUT2D eigenvalue weighted by molar-refractivity contribution is 6.05. The molecular weight excluding hydrogens is 489 g/mol. The summed E-state index contributed by atoms with van der Waals surface area (Å²) in [6, 6.07) is 5.10. The van der Waals surface area contributed by atoms with Gasteiger partial charge in [0.1, 0.15) is 23.2 Å².